The quantitative estimate of drug-likeness (QED) is 0.294. The zero-order chi connectivity index (χ0) is 30.3. The molecular weight excluding hydrogens is 556 g/mol. The third-order valence-corrected chi connectivity index (χ3v) is 9.82. The lowest BCUT2D eigenvalue weighted by molar-refractivity contribution is -0.133. The highest BCUT2D eigenvalue weighted by atomic mass is 16.2. The van der Waals surface area contributed by atoms with Gasteiger partial charge in [0.1, 0.15) is 12.1 Å². The summed E-state index contributed by atoms with van der Waals surface area (Å²) in [6.45, 7) is 5.25. The van der Waals surface area contributed by atoms with E-state index in [1.165, 1.54) is 19.3 Å². The lowest BCUT2D eigenvalue weighted by atomic mass is 9.86. The van der Waals surface area contributed by atoms with Crippen LogP contribution in [-0.2, 0) is 23.3 Å². The van der Waals surface area contributed by atoms with Crippen molar-refractivity contribution in [3.05, 3.63) is 48.7 Å². The molecule has 2 saturated heterocycles. The molecule has 4 aromatic rings. The van der Waals surface area contributed by atoms with E-state index in [4.69, 9.17) is 4.98 Å². The maximum absolute atomic E-state index is 13.0. The maximum Gasteiger partial charge on any atom is 0.247 e. The summed E-state index contributed by atoms with van der Waals surface area (Å²) in [5.74, 6) is 0.549. The van der Waals surface area contributed by atoms with Crippen LogP contribution < -0.4 is 10.2 Å². The molecule has 1 amide bonds. The molecule has 0 bridgehead atoms. The number of likely N-dealkylation sites (tertiary alicyclic amines) is 1. The number of aromatic nitrogens is 7. The Hall–Kier alpha value is -4.44. The largest absolute Gasteiger partial charge is 0.363 e. The first-order chi connectivity index (χ1) is 21.4. The number of carbonyl (C=O) groups is 1. The second-order valence-corrected chi connectivity index (χ2v) is 12.6. The molecule has 7 rings (SSSR count). The average molecular weight is 597 g/mol. The summed E-state index contributed by atoms with van der Waals surface area (Å²) in [5.41, 5.74) is 3.21. The number of piperidine rings is 1. The van der Waals surface area contributed by atoms with Gasteiger partial charge in [0, 0.05) is 56.9 Å². The van der Waals surface area contributed by atoms with Crippen LogP contribution in [0.5, 0.6) is 0 Å². The van der Waals surface area contributed by atoms with Crippen molar-refractivity contribution in [2.24, 2.45) is 0 Å². The number of pyridine rings is 1. The maximum atomic E-state index is 13.0. The van der Waals surface area contributed by atoms with Gasteiger partial charge in [-0.2, -0.15) is 20.4 Å². The van der Waals surface area contributed by atoms with Crippen molar-refractivity contribution < 1.29 is 4.79 Å². The molecule has 230 valence electrons. The van der Waals surface area contributed by atoms with E-state index in [2.05, 4.69) is 56.7 Å². The predicted octanol–water partition coefficient (Wildman–Crippen LogP) is 3.03. The van der Waals surface area contributed by atoms with Gasteiger partial charge in [0.2, 0.25) is 11.9 Å². The van der Waals surface area contributed by atoms with Crippen molar-refractivity contribution in [2.45, 2.75) is 76.0 Å². The van der Waals surface area contributed by atoms with E-state index in [9.17, 15) is 10.1 Å². The molecule has 0 spiro atoms. The van der Waals surface area contributed by atoms with Crippen LogP contribution >= 0.6 is 0 Å². The minimum Gasteiger partial charge on any atom is -0.363 e. The summed E-state index contributed by atoms with van der Waals surface area (Å²) >= 11 is 0. The van der Waals surface area contributed by atoms with Crippen molar-refractivity contribution in [3.8, 4) is 6.07 Å². The number of carbonyl (C=O) groups excluding carboxylic acids is 1. The van der Waals surface area contributed by atoms with Crippen LogP contribution in [-0.4, -0.2) is 95.2 Å². The van der Waals surface area contributed by atoms with Gasteiger partial charge in [-0.25, -0.2) is 4.52 Å². The molecule has 3 fully saturated rings. The Labute approximate surface area is 257 Å². The molecule has 13 heteroatoms. The van der Waals surface area contributed by atoms with Crippen LogP contribution in [0, 0.1) is 11.3 Å². The summed E-state index contributed by atoms with van der Waals surface area (Å²) in [4.78, 5) is 24.5. The molecule has 0 atom stereocenters. The van der Waals surface area contributed by atoms with Crippen molar-refractivity contribution in [2.75, 3.05) is 43.4 Å². The smallest absolute Gasteiger partial charge is 0.247 e. The van der Waals surface area contributed by atoms with E-state index >= 15 is 0 Å². The summed E-state index contributed by atoms with van der Waals surface area (Å²) in [7, 11) is 2.25. The van der Waals surface area contributed by atoms with Crippen LogP contribution in [0.1, 0.15) is 51.0 Å². The van der Waals surface area contributed by atoms with Gasteiger partial charge in [0.15, 0.2) is 5.65 Å². The van der Waals surface area contributed by atoms with Crippen molar-refractivity contribution >= 4 is 28.9 Å². The highest BCUT2D eigenvalue weighted by molar-refractivity contribution is 5.76. The Balaban J connectivity index is 0.973. The van der Waals surface area contributed by atoms with Gasteiger partial charge in [-0.15, -0.1) is 5.10 Å². The fraction of sp³-hybridized carbons (Fsp3) is 0.548. The standard InChI is InChI=1S/C31H40N12O/c1-3-23-16-34-43(18-23)31(11-12-32)21-40(22-31)27-8-5-13-42-29(27)36-30(37-42)35-24-17-33-41(19-24)20-28(44)39-14-9-26(10-15-39)38(2)25-6-4-7-25/h5,8,13,16-19,25-26H,3-4,6-7,9-11,14-15,20-22H2,1-2H3,(H,35,37). The third-order valence-electron chi connectivity index (χ3n) is 9.82. The van der Waals surface area contributed by atoms with Crippen molar-refractivity contribution in [1.82, 2.24) is 44.0 Å². The third kappa shape index (κ3) is 5.27. The predicted molar refractivity (Wildman–Crippen MR) is 166 cm³/mol. The van der Waals surface area contributed by atoms with E-state index in [1.54, 1.807) is 15.4 Å². The van der Waals surface area contributed by atoms with E-state index in [0.29, 0.717) is 31.5 Å². The van der Waals surface area contributed by atoms with Gasteiger partial charge < -0.3 is 20.0 Å². The van der Waals surface area contributed by atoms with Gasteiger partial charge in [0.05, 0.1) is 36.3 Å². The topological polar surface area (TPSA) is 128 Å². The fourth-order valence-corrected chi connectivity index (χ4v) is 6.81. The average Bonchev–Trinajstić information content (AvgIpc) is 3.74. The summed E-state index contributed by atoms with van der Waals surface area (Å²) in [5, 5.41) is 26.4. The van der Waals surface area contributed by atoms with Crippen LogP contribution in [0.4, 0.5) is 17.3 Å². The monoisotopic (exact) mass is 596 g/mol. The molecule has 0 radical (unpaired) electrons. The number of aryl methyl sites for hydroxylation is 1. The van der Waals surface area contributed by atoms with Gasteiger partial charge >= 0.3 is 0 Å². The fourth-order valence-electron chi connectivity index (χ4n) is 6.81. The molecule has 3 aliphatic rings. The van der Waals surface area contributed by atoms with E-state index in [0.717, 1.165) is 61.0 Å². The molecule has 13 nitrogen and oxygen atoms in total. The number of nitrogens with one attached hydrogen (secondary N) is 1. The number of amides is 1. The Kier molecular flexibility index (Phi) is 7.45. The van der Waals surface area contributed by atoms with Crippen LogP contribution in [0.3, 0.4) is 0 Å². The van der Waals surface area contributed by atoms with Gasteiger partial charge in [-0.05, 0) is 56.8 Å². The molecule has 2 aliphatic heterocycles. The Morgan fingerprint density at radius 3 is 2.64 bits per heavy atom. The van der Waals surface area contributed by atoms with E-state index in [1.807, 2.05) is 40.3 Å². The zero-order valence-corrected chi connectivity index (χ0v) is 25.5. The first kappa shape index (κ1) is 28.3. The molecule has 1 saturated carbocycles. The normalized spacial score (nSPS) is 18.8. The van der Waals surface area contributed by atoms with Gasteiger partial charge in [0.25, 0.3) is 0 Å². The molecule has 44 heavy (non-hydrogen) atoms. The zero-order valence-electron chi connectivity index (χ0n) is 25.5. The molecule has 4 aromatic heterocycles. The highest BCUT2D eigenvalue weighted by Gasteiger charge is 2.46. The number of nitriles is 1. The SMILES string of the molecule is CCc1cnn(C2(CC#N)CN(c3cccn4nc(Nc5cnn(CC(=O)N6CCC(N(C)C7CCC7)CC6)c5)nc34)C2)c1. The number of hydrogen-bond acceptors (Lipinski definition) is 9. The Morgan fingerprint density at radius 2 is 1.93 bits per heavy atom. The number of fused-ring (bicyclic) bond motifs is 1. The summed E-state index contributed by atoms with van der Waals surface area (Å²) in [6, 6.07) is 7.65. The molecule has 0 unspecified atom stereocenters. The van der Waals surface area contributed by atoms with Crippen LogP contribution in [0.15, 0.2) is 43.1 Å². The molecule has 1 N–H and O–H groups in total. The molecule has 6 heterocycles. The number of anilines is 3. The molecular formula is C31H40N12O. The second kappa shape index (κ2) is 11.6. The second-order valence-electron chi connectivity index (χ2n) is 12.6. The van der Waals surface area contributed by atoms with E-state index < -0.39 is 0 Å². The minimum absolute atomic E-state index is 0.0999. The first-order valence-corrected chi connectivity index (χ1v) is 15.8. The van der Waals surface area contributed by atoms with Gasteiger partial charge in [-0.1, -0.05) is 13.3 Å². The molecule has 0 aromatic carbocycles. The van der Waals surface area contributed by atoms with Gasteiger partial charge in [-0.3, -0.25) is 14.2 Å². The van der Waals surface area contributed by atoms with Crippen LogP contribution in [0.2, 0.25) is 0 Å². The Bertz CT molecular complexity index is 1660. The minimum atomic E-state index is -0.357. The van der Waals surface area contributed by atoms with E-state index in [-0.39, 0.29) is 18.0 Å². The molecule has 1 aliphatic carbocycles. The number of nitrogens with zero attached hydrogens (tertiary/aromatic N) is 11. The lowest BCUT2D eigenvalue weighted by Gasteiger charge is -2.50. The summed E-state index contributed by atoms with van der Waals surface area (Å²) in [6.07, 6.45) is 16.7. The van der Waals surface area contributed by atoms with Crippen molar-refractivity contribution in [1.29, 1.82) is 5.26 Å². The lowest BCUT2D eigenvalue weighted by Crippen LogP contribution is -2.63. The number of rotatable bonds is 10. The van der Waals surface area contributed by atoms with Crippen LogP contribution in [0.25, 0.3) is 5.65 Å². The number of hydrogen-bond donors (Lipinski definition) is 1. The highest BCUT2D eigenvalue weighted by Crippen LogP contribution is 2.37. The Morgan fingerprint density at radius 1 is 1.14 bits per heavy atom. The first-order valence-electron chi connectivity index (χ1n) is 15.8. The summed E-state index contributed by atoms with van der Waals surface area (Å²) < 4.78 is 5.39. The van der Waals surface area contributed by atoms with Crippen molar-refractivity contribution in [3.63, 3.8) is 0 Å².